The van der Waals surface area contributed by atoms with Gasteiger partial charge >= 0.3 is 0 Å². The van der Waals surface area contributed by atoms with Gasteiger partial charge in [0.2, 0.25) is 5.88 Å². The van der Waals surface area contributed by atoms with Gasteiger partial charge in [0.1, 0.15) is 11.2 Å². The van der Waals surface area contributed by atoms with Gasteiger partial charge in [-0.25, -0.2) is 9.97 Å². The maximum absolute atomic E-state index is 13.3. The number of imidazole rings is 1. The van der Waals surface area contributed by atoms with E-state index in [-0.39, 0.29) is 18.0 Å². The largest absolute Gasteiger partial charge is 0.481 e. The van der Waals surface area contributed by atoms with Crippen LogP contribution >= 0.6 is 0 Å². The third kappa shape index (κ3) is 3.34. The van der Waals surface area contributed by atoms with E-state index in [0.717, 1.165) is 41.2 Å². The number of ether oxygens (including phenoxy) is 1. The van der Waals surface area contributed by atoms with Crippen molar-refractivity contribution in [2.45, 2.75) is 45.8 Å². The van der Waals surface area contributed by atoms with Crippen molar-refractivity contribution in [2.75, 3.05) is 13.7 Å². The number of methoxy groups -OCH3 is 1. The number of likely N-dealkylation sites (tertiary alicyclic amines) is 1. The number of aryl methyl sites for hydroxylation is 2. The number of aromatic nitrogens is 5. The SMILES string of the molecule is CC[C@@H]1CN(C(=O)c2cnc3c(c2)nc(-c2cc4ccc(OC)nc4n2CC)n3C)[C@H](C)[C@@H]1N. The van der Waals surface area contributed by atoms with E-state index < -0.39 is 0 Å². The molecule has 5 rings (SSSR count). The normalized spacial score (nSPS) is 20.5. The lowest BCUT2D eigenvalue weighted by molar-refractivity contribution is 0.0739. The Bertz CT molecular complexity index is 1390. The molecule has 0 spiro atoms. The minimum Gasteiger partial charge on any atom is -0.481 e. The quantitative estimate of drug-likeness (QED) is 0.489. The smallest absolute Gasteiger partial charge is 0.255 e. The number of carbonyl (C=O) groups is 1. The van der Waals surface area contributed by atoms with Gasteiger partial charge in [-0.05, 0) is 38.0 Å². The number of pyridine rings is 2. The van der Waals surface area contributed by atoms with Crippen molar-refractivity contribution >= 4 is 28.1 Å². The molecule has 0 saturated carbocycles. The van der Waals surface area contributed by atoms with Crippen molar-refractivity contribution in [3.8, 4) is 17.4 Å². The molecule has 9 heteroatoms. The zero-order valence-electron chi connectivity index (χ0n) is 20.3. The Morgan fingerprint density at radius 2 is 2.00 bits per heavy atom. The van der Waals surface area contributed by atoms with Gasteiger partial charge in [-0.3, -0.25) is 4.79 Å². The molecule has 1 amide bonds. The summed E-state index contributed by atoms with van der Waals surface area (Å²) in [6.07, 6.45) is 2.61. The molecule has 3 atom stereocenters. The van der Waals surface area contributed by atoms with Crippen molar-refractivity contribution in [1.29, 1.82) is 0 Å². The molecular formula is C25H31N7O2. The monoisotopic (exact) mass is 461 g/mol. The van der Waals surface area contributed by atoms with Crippen LogP contribution in [0.5, 0.6) is 5.88 Å². The number of amides is 1. The molecular weight excluding hydrogens is 430 g/mol. The lowest BCUT2D eigenvalue weighted by Gasteiger charge is -2.23. The van der Waals surface area contributed by atoms with E-state index in [9.17, 15) is 4.79 Å². The predicted molar refractivity (Wildman–Crippen MR) is 132 cm³/mol. The Kier molecular flexibility index (Phi) is 5.51. The molecule has 0 radical (unpaired) electrons. The summed E-state index contributed by atoms with van der Waals surface area (Å²) in [5.74, 6) is 1.62. The van der Waals surface area contributed by atoms with Crippen LogP contribution in [0.3, 0.4) is 0 Å². The summed E-state index contributed by atoms with van der Waals surface area (Å²) < 4.78 is 9.39. The molecule has 1 saturated heterocycles. The van der Waals surface area contributed by atoms with E-state index in [4.69, 9.17) is 15.5 Å². The number of nitrogens with zero attached hydrogens (tertiary/aromatic N) is 6. The molecule has 0 aromatic carbocycles. The molecule has 34 heavy (non-hydrogen) atoms. The molecule has 4 aromatic heterocycles. The molecule has 0 aliphatic carbocycles. The molecule has 2 N–H and O–H groups in total. The van der Waals surface area contributed by atoms with Gasteiger partial charge in [-0.15, -0.1) is 0 Å². The number of rotatable bonds is 5. The van der Waals surface area contributed by atoms with Crippen LogP contribution in [0, 0.1) is 5.92 Å². The Labute approximate surface area is 198 Å². The van der Waals surface area contributed by atoms with Crippen molar-refractivity contribution in [3.05, 3.63) is 36.0 Å². The highest BCUT2D eigenvalue weighted by molar-refractivity contribution is 5.97. The Morgan fingerprint density at radius 1 is 1.21 bits per heavy atom. The number of nitrogens with two attached hydrogens (primary N) is 1. The van der Waals surface area contributed by atoms with Gasteiger partial charge in [0.25, 0.3) is 5.91 Å². The summed E-state index contributed by atoms with van der Waals surface area (Å²) in [6.45, 7) is 7.62. The first-order chi connectivity index (χ1) is 16.4. The predicted octanol–water partition coefficient (Wildman–Crippen LogP) is 3.21. The first-order valence-corrected chi connectivity index (χ1v) is 11.8. The Hall–Kier alpha value is -3.46. The van der Waals surface area contributed by atoms with Gasteiger partial charge in [0, 0.05) is 49.9 Å². The zero-order chi connectivity index (χ0) is 24.1. The average molecular weight is 462 g/mol. The van der Waals surface area contributed by atoms with Crippen molar-refractivity contribution < 1.29 is 9.53 Å². The van der Waals surface area contributed by atoms with Crippen LogP contribution in [0.1, 0.15) is 37.6 Å². The standard InChI is InChI=1S/C25H31N7O2/c1-6-15-13-32(14(3)21(15)26)25(33)17-10-18-23(27-12-17)30(4)24(28-18)19-11-16-8-9-20(34-5)29-22(16)31(19)7-2/h8-12,14-15,21H,6-7,13,26H2,1-5H3/t14-,15-,21+/m1/s1. The number of carbonyl (C=O) groups excluding carboxylic acids is 1. The fourth-order valence-corrected chi connectivity index (χ4v) is 5.13. The molecule has 178 valence electrons. The van der Waals surface area contributed by atoms with Gasteiger partial charge in [-0.2, -0.15) is 4.98 Å². The Morgan fingerprint density at radius 3 is 2.68 bits per heavy atom. The summed E-state index contributed by atoms with van der Waals surface area (Å²) in [7, 11) is 3.56. The molecule has 1 fully saturated rings. The summed E-state index contributed by atoms with van der Waals surface area (Å²) >= 11 is 0. The van der Waals surface area contributed by atoms with Gasteiger partial charge in [0.05, 0.1) is 18.4 Å². The molecule has 0 bridgehead atoms. The fourth-order valence-electron chi connectivity index (χ4n) is 5.13. The third-order valence-electron chi connectivity index (χ3n) is 7.24. The van der Waals surface area contributed by atoms with E-state index in [1.807, 2.05) is 41.6 Å². The van der Waals surface area contributed by atoms with Crippen LogP contribution in [0.4, 0.5) is 0 Å². The third-order valence-corrected chi connectivity index (χ3v) is 7.24. The van der Waals surface area contributed by atoms with Gasteiger partial charge in [-0.1, -0.05) is 13.3 Å². The summed E-state index contributed by atoms with van der Waals surface area (Å²) in [5.41, 5.74) is 10.1. The topological polar surface area (TPSA) is 104 Å². The van der Waals surface area contributed by atoms with Gasteiger partial charge in [0.15, 0.2) is 11.5 Å². The Balaban J connectivity index is 1.56. The number of hydrogen-bond donors (Lipinski definition) is 1. The maximum atomic E-state index is 13.3. The first-order valence-electron chi connectivity index (χ1n) is 11.8. The summed E-state index contributed by atoms with van der Waals surface area (Å²) in [4.78, 5) is 29.3. The molecule has 1 aliphatic rings. The van der Waals surface area contributed by atoms with E-state index in [1.165, 1.54) is 0 Å². The molecule has 1 aliphatic heterocycles. The van der Waals surface area contributed by atoms with E-state index in [0.29, 0.717) is 29.4 Å². The number of fused-ring (bicyclic) bond motifs is 2. The van der Waals surface area contributed by atoms with Crippen LogP contribution in [0.25, 0.3) is 33.7 Å². The average Bonchev–Trinajstić information content (AvgIpc) is 3.48. The fraction of sp³-hybridized carbons (Fsp3) is 0.440. The summed E-state index contributed by atoms with van der Waals surface area (Å²) in [6, 6.07) is 7.77. The van der Waals surface area contributed by atoms with Gasteiger partial charge < -0.3 is 24.5 Å². The van der Waals surface area contributed by atoms with Crippen LogP contribution < -0.4 is 10.5 Å². The van der Waals surface area contributed by atoms with Crippen molar-refractivity contribution in [2.24, 2.45) is 18.7 Å². The highest BCUT2D eigenvalue weighted by Gasteiger charge is 2.38. The molecule has 0 unspecified atom stereocenters. The van der Waals surface area contributed by atoms with Crippen LogP contribution in [0.15, 0.2) is 30.5 Å². The van der Waals surface area contributed by atoms with E-state index in [1.54, 1.807) is 13.3 Å². The second kappa shape index (κ2) is 8.39. The maximum Gasteiger partial charge on any atom is 0.255 e. The molecule has 5 heterocycles. The van der Waals surface area contributed by atoms with Crippen LogP contribution in [-0.2, 0) is 13.6 Å². The first kappa shape index (κ1) is 22.3. The van der Waals surface area contributed by atoms with E-state index >= 15 is 0 Å². The highest BCUT2D eigenvalue weighted by atomic mass is 16.5. The highest BCUT2D eigenvalue weighted by Crippen LogP contribution is 2.31. The molecule has 4 aromatic rings. The lowest BCUT2D eigenvalue weighted by Crippen LogP contribution is -2.41. The minimum atomic E-state index is -0.0422. The van der Waals surface area contributed by atoms with Crippen LogP contribution in [-0.4, -0.2) is 60.6 Å². The minimum absolute atomic E-state index is 0.00260. The van der Waals surface area contributed by atoms with E-state index in [2.05, 4.69) is 34.4 Å². The summed E-state index contributed by atoms with van der Waals surface area (Å²) in [5, 5.41) is 1.01. The lowest BCUT2D eigenvalue weighted by atomic mass is 9.98. The second-order valence-electron chi connectivity index (χ2n) is 9.05. The second-order valence-corrected chi connectivity index (χ2v) is 9.05. The van der Waals surface area contributed by atoms with Crippen molar-refractivity contribution in [3.63, 3.8) is 0 Å². The van der Waals surface area contributed by atoms with Crippen molar-refractivity contribution in [1.82, 2.24) is 29.0 Å². The zero-order valence-corrected chi connectivity index (χ0v) is 20.3. The number of hydrogen-bond acceptors (Lipinski definition) is 6. The van der Waals surface area contributed by atoms with Crippen LogP contribution in [0.2, 0.25) is 0 Å². The molecule has 9 nitrogen and oxygen atoms in total.